The van der Waals surface area contributed by atoms with Gasteiger partial charge in [0.1, 0.15) is 5.02 Å². The molecule has 284 valence electrons. The van der Waals surface area contributed by atoms with E-state index in [1.165, 1.54) is 84.2 Å². The van der Waals surface area contributed by atoms with Crippen molar-refractivity contribution in [2.45, 2.75) is 173 Å². The molecule has 1 aliphatic heterocycles. The Bertz CT molecular complexity index is 1330. The Labute approximate surface area is 305 Å². The summed E-state index contributed by atoms with van der Waals surface area (Å²) in [6.45, 7) is 10.4. The monoisotopic (exact) mass is 719 g/mol. The zero-order chi connectivity index (χ0) is 36.0. The summed E-state index contributed by atoms with van der Waals surface area (Å²) >= 11 is 6.92. The number of carbonyl (C=O) groups is 2. The molecule has 2 aliphatic rings. The number of aromatic amines is 1. The number of rotatable bonds is 24. The number of carbonyl (C=O) groups excluding carboxylic acids is 2. The predicted octanol–water partition coefficient (Wildman–Crippen LogP) is 8.99. The molecule has 1 amide bonds. The summed E-state index contributed by atoms with van der Waals surface area (Å²) in [4.78, 5) is 31.5. The first-order chi connectivity index (χ1) is 24.2. The van der Waals surface area contributed by atoms with E-state index in [0.29, 0.717) is 56.4 Å². The van der Waals surface area contributed by atoms with Crippen molar-refractivity contribution in [1.82, 2.24) is 25.1 Å². The lowest BCUT2D eigenvalue weighted by molar-refractivity contribution is -0.159. The first kappa shape index (κ1) is 40.6. The molecule has 1 aliphatic carbocycles. The summed E-state index contributed by atoms with van der Waals surface area (Å²) in [5.74, 6) is 0.532. The first-order valence-corrected chi connectivity index (χ1v) is 20.3. The fourth-order valence-electron chi connectivity index (χ4n) is 8.59. The van der Waals surface area contributed by atoms with Gasteiger partial charge in [0.05, 0.1) is 42.4 Å². The molecule has 3 heterocycles. The minimum Gasteiger partial charge on any atom is -0.469 e. The van der Waals surface area contributed by atoms with Crippen molar-refractivity contribution >= 4 is 29.1 Å². The van der Waals surface area contributed by atoms with Crippen LogP contribution in [0.15, 0.2) is 0 Å². The van der Waals surface area contributed by atoms with Gasteiger partial charge in [-0.1, -0.05) is 108 Å². The third-order valence-corrected chi connectivity index (χ3v) is 12.0. The molecule has 2 aromatic rings. The van der Waals surface area contributed by atoms with Gasteiger partial charge in [0.2, 0.25) is 5.91 Å². The van der Waals surface area contributed by atoms with Crippen LogP contribution in [0.25, 0.3) is 5.65 Å². The van der Waals surface area contributed by atoms with Crippen LogP contribution < -0.4 is 5.32 Å². The highest BCUT2D eigenvalue weighted by atomic mass is 35.5. The Balaban J connectivity index is 1.31. The third-order valence-electron chi connectivity index (χ3n) is 11.6. The van der Waals surface area contributed by atoms with Gasteiger partial charge in [-0.05, 0) is 52.9 Å². The number of halogens is 1. The first-order valence-electron chi connectivity index (χ1n) is 19.9. The van der Waals surface area contributed by atoms with Crippen molar-refractivity contribution in [3.63, 3.8) is 0 Å². The molecule has 1 unspecified atom stereocenters. The van der Waals surface area contributed by atoms with Crippen LogP contribution in [0.2, 0.25) is 5.02 Å². The van der Waals surface area contributed by atoms with Crippen molar-refractivity contribution in [3.05, 3.63) is 16.5 Å². The summed E-state index contributed by atoms with van der Waals surface area (Å²) in [7, 11) is 1.46. The molecule has 50 heavy (non-hydrogen) atoms. The number of nitrogens with zero attached hydrogens (tertiary/aromatic N) is 3. The SMILES string of the molecule is CCCCCCCCCCCCCCCCC1(C(=O)OC)CC(=O)NC12CCC(c1nc3c(Cl)c(C(C)(COCC)COCC)[nH]n3n1)CC2. The van der Waals surface area contributed by atoms with Crippen molar-refractivity contribution in [1.29, 1.82) is 0 Å². The lowest BCUT2D eigenvalue weighted by Crippen LogP contribution is -2.57. The highest BCUT2D eigenvalue weighted by Crippen LogP contribution is 2.54. The molecule has 1 saturated heterocycles. The van der Waals surface area contributed by atoms with E-state index in [-0.39, 0.29) is 24.2 Å². The average molecular weight is 720 g/mol. The molecule has 0 bridgehead atoms. The van der Waals surface area contributed by atoms with Crippen molar-refractivity contribution in [3.8, 4) is 0 Å². The lowest BCUT2D eigenvalue weighted by atomic mass is 9.60. The molecular formula is C39H66ClN5O5. The Hall–Kier alpha value is -2.17. The number of amides is 1. The summed E-state index contributed by atoms with van der Waals surface area (Å²) in [5.41, 5.74) is -0.528. The average Bonchev–Trinajstić information content (AvgIpc) is 3.76. The van der Waals surface area contributed by atoms with Crippen LogP contribution in [0.1, 0.15) is 174 Å². The number of hydrogen-bond acceptors (Lipinski definition) is 7. The molecular weight excluding hydrogens is 654 g/mol. The molecule has 2 N–H and O–H groups in total. The standard InChI is InChI=1S/C39H66ClN5O5/c1-6-9-10-11-12-13-14-15-16-17-18-19-20-21-24-38(36(47)48-5)27-31(46)42-39(38)25-22-30(23-26-39)34-41-35-32(40)33(43-45(35)44-34)37(4,28-49-7-2)29-50-8-3/h30,43H,6-29H2,1-5H3,(H,42,46). The molecule has 1 spiro atoms. The van der Waals surface area contributed by atoms with E-state index in [0.717, 1.165) is 37.2 Å². The van der Waals surface area contributed by atoms with Crippen molar-refractivity contribution < 1.29 is 23.8 Å². The van der Waals surface area contributed by atoms with E-state index in [2.05, 4.69) is 24.3 Å². The molecule has 2 fully saturated rings. The molecule has 2 aromatic heterocycles. The summed E-state index contributed by atoms with van der Waals surface area (Å²) < 4.78 is 18.7. The van der Waals surface area contributed by atoms with E-state index < -0.39 is 16.4 Å². The predicted molar refractivity (Wildman–Crippen MR) is 199 cm³/mol. The minimum atomic E-state index is -0.835. The van der Waals surface area contributed by atoms with Gasteiger partial charge in [0.15, 0.2) is 11.5 Å². The highest BCUT2D eigenvalue weighted by Gasteiger charge is 2.63. The normalized spacial score (nSPS) is 22.5. The zero-order valence-electron chi connectivity index (χ0n) is 31.8. The molecule has 0 aromatic carbocycles. The molecule has 10 nitrogen and oxygen atoms in total. The number of ether oxygens (including phenoxy) is 3. The van der Waals surface area contributed by atoms with E-state index in [4.69, 9.17) is 35.9 Å². The zero-order valence-corrected chi connectivity index (χ0v) is 32.6. The number of esters is 1. The second-order valence-electron chi connectivity index (χ2n) is 15.3. The maximum absolute atomic E-state index is 13.6. The maximum atomic E-state index is 13.6. The molecule has 1 saturated carbocycles. The number of aromatic nitrogens is 4. The van der Waals surface area contributed by atoms with Crippen LogP contribution in [0.5, 0.6) is 0 Å². The van der Waals surface area contributed by atoms with Gasteiger partial charge in [0, 0.05) is 25.6 Å². The van der Waals surface area contributed by atoms with Crippen LogP contribution in [-0.4, -0.2) is 70.8 Å². The number of H-pyrrole nitrogens is 1. The largest absolute Gasteiger partial charge is 0.469 e. The quantitative estimate of drug-likeness (QED) is 0.0821. The fourth-order valence-corrected chi connectivity index (χ4v) is 8.98. The van der Waals surface area contributed by atoms with Gasteiger partial charge >= 0.3 is 5.97 Å². The molecule has 0 radical (unpaired) electrons. The second-order valence-corrected chi connectivity index (χ2v) is 15.7. The fraction of sp³-hybridized carbons (Fsp3) is 0.846. The Morgan fingerprint density at radius 3 is 1.94 bits per heavy atom. The van der Waals surface area contributed by atoms with Crippen molar-refractivity contribution in [2.75, 3.05) is 33.5 Å². The van der Waals surface area contributed by atoms with Gasteiger partial charge in [-0.3, -0.25) is 14.7 Å². The van der Waals surface area contributed by atoms with E-state index >= 15 is 0 Å². The van der Waals surface area contributed by atoms with E-state index in [1.54, 1.807) is 4.63 Å². The van der Waals surface area contributed by atoms with Crippen LogP contribution in [0.4, 0.5) is 0 Å². The summed E-state index contributed by atoms with van der Waals surface area (Å²) in [5, 5.41) is 12.0. The third kappa shape index (κ3) is 9.62. The molecule has 11 heteroatoms. The number of unbranched alkanes of at least 4 members (excludes halogenated alkanes) is 13. The second kappa shape index (κ2) is 19.6. The van der Waals surface area contributed by atoms with Gasteiger partial charge in [0.25, 0.3) is 0 Å². The molecule has 4 rings (SSSR count). The maximum Gasteiger partial charge on any atom is 0.314 e. The lowest BCUT2D eigenvalue weighted by Gasteiger charge is -2.47. The van der Waals surface area contributed by atoms with E-state index in [1.807, 2.05) is 13.8 Å². The van der Waals surface area contributed by atoms with Gasteiger partial charge in [-0.25, -0.2) is 4.98 Å². The van der Waals surface area contributed by atoms with Crippen LogP contribution >= 0.6 is 11.6 Å². The van der Waals surface area contributed by atoms with Crippen LogP contribution in [-0.2, 0) is 29.2 Å². The van der Waals surface area contributed by atoms with Gasteiger partial charge < -0.3 is 19.5 Å². The highest BCUT2D eigenvalue weighted by molar-refractivity contribution is 6.34. The minimum absolute atomic E-state index is 0.0471. The number of fused-ring (bicyclic) bond motifs is 1. The Kier molecular flexibility index (Phi) is 15.9. The van der Waals surface area contributed by atoms with Gasteiger partial charge in [-0.15, -0.1) is 5.10 Å². The van der Waals surface area contributed by atoms with Crippen molar-refractivity contribution in [2.24, 2.45) is 5.41 Å². The number of methoxy groups -OCH3 is 1. The van der Waals surface area contributed by atoms with Crippen LogP contribution in [0, 0.1) is 5.41 Å². The van der Waals surface area contributed by atoms with E-state index in [9.17, 15) is 9.59 Å². The van der Waals surface area contributed by atoms with Crippen LogP contribution in [0.3, 0.4) is 0 Å². The Morgan fingerprint density at radius 2 is 1.44 bits per heavy atom. The van der Waals surface area contributed by atoms with Gasteiger partial charge in [-0.2, -0.15) is 4.63 Å². The topological polar surface area (TPSA) is 120 Å². The molecule has 1 atom stereocenters. The smallest absolute Gasteiger partial charge is 0.314 e. The summed E-state index contributed by atoms with van der Waals surface area (Å²) in [6, 6.07) is 0. The Morgan fingerprint density at radius 1 is 0.900 bits per heavy atom. The number of hydrogen-bond donors (Lipinski definition) is 2. The number of nitrogens with one attached hydrogen (secondary N) is 2. The summed E-state index contributed by atoms with van der Waals surface area (Å²) in [6.07, 6.45) is 21.7.